The Morgan fingerprint density at radius 3 is 1.35 bits per heavy atom. The van der Waals surface area contributed by atoms with E-state index in [9.17, 15) is 0 Å². The summed E-state index contributed by atoms with van der Waals surface area (Å²) in [5, 5.41) is 0.782. The Hall–Kier alpha value is -1.70. The molecular weight excluding hydrogens is 284 g/mol. The molecule has 0 spiro atoms. The van der Waals surface area contributed by atoms with Crippen LogP contribution in [0.3, 0.4) is 0 Å². The van der Waals surface area contributed by atoms with Gasteiger partial charge in [0.25, 0.3) is 0 Å². The smallest absolute Gasteiger partial charge is 0.0406 e. The van der Waals surface area contributed by atoms with Gasteiger partial charge in [-0.15, -0.1) is 0 Å². The van der Waals surface area contributed by atoms with Crippen LogP contribution in [0.2, 0.25) is 5.02 Å². The highest BCUT2D eigenvalue weighted by atomic mass is 35.5. The van der Waals surface area contributed by atoms with Crippen LogP contribution in [0.5, 0.6) is 0 Å². The molecule has 0 N–H and O–H groups in total. The van der Waals surface area contributed by atoms with E-state index in [-0.39, 0.29) is 0 Å². The number of rotatable bonds is 3. The van der Waals surface area contributed by atoms with Gasteiger partial charge in [-0.2, -0.15) is 10.9 Å². The van der Waals surface area contributed by atoms with Crippen molar-refractivity contribution in [1.82, 2.24) is 0 Å². The quantitative estimate of drug-likeness (QED) is 0.579. The van der Waals surface area contributed by atoms with E-state index in [4.69, 9.17) is 11.6 Å². The van der Waals surface area contributed by atoms with E-state index >= 15 is 0 Å². The van der Waals surface area contributed by atoms with Crippen molar-refractivity contribution >= 4 is 22.5 Å². The maximum atomic E-state index is 6.02. The van der Waals surface area contributed by atoms with Crippen LogP contribution < -0.4 is 0 Å². The second kappa shape index (κ2) is 6.17. The third-order valence-electron chi connectivity index (χ3n) is 3.11. The zero-order valence-corrected chi connectivity index (χ0v) is 12.6. The molecule has 0 heterocycles. The average Bonchev–Trinajstić information content (AvgIpc) is 2.52. The Kier molecular flexibility index (Phi) is 4.10. The maximum Gasteiger partial charge on any atom is 0.0406 e. The molecule has 0 aromatic heterocycles. The Morgan fingerprint density at radius 2 is 0.900 bits per heavy atom. The molecule has 0 aliphatic rings. The standard InChI is InChI=1S/C18H15ClS/c19-15-11-13-18(14-12-15)20(16-7-3-1-4-8-16)17-9-5-2-6-10-17/h1-14,20H. The van der Waals surface area contributed by atoms with Gasteiger partial charge in [0.05, 0.1) is 0 Å². The molecule has 100 valence electrons. The van der Waals surface area contributed by atoms with Gasteiger partial charge < -0.3 is 0 Å². The number of thiol groups is 1. The number of halogens is 1. The van der Waals surface area contributed by atoms with E-state index < -0.39 is 10.9 Å². The van der Waals surface area contributed by atoms with Crippen LogP contribution in [0.25, 0.3) is 0 Å². The zero-order chi connectivity index (χ0) is 13.8. The summed E-state index contributed by atoms with van der Waals surface area (Å²) in [6.07, 6.45) is 0. The molecule has 2 heteroatoms. The summed E-state index contributed by atoms with van der Waals surface area (Å²) in [6, 6.07) is 29.5. The first-order chi connectivity index (χ1) is 9.84. The van der Waals surface area contributed by atoms with Gasteiger partial charge in [-0.25, -0.2) is 0 Å². The summed E-state index contributed by atoms with van der Waals surface area (Å²) in [7, 11) is -0.517. The first kappa shape index (κ1) is 13.3. The van der Waals surface area contributed by atoms with Crippen LogP contribution in [0.1, 0.15) is 0 Å². The van der Waals surface area contributed by atoms with Crippen molar-refractivity contribution in [2.45, 2.75) is 14.7 Å². The topological polar surface area (TPSA) is 0 Å². The third-order valence-corrected chi connectivity index (χ3v) is 5.81. The normalized spacial score (nSPS) is 11.2. The highest BCUT2D eigenvalue weighted by Crippen LogP contribution is 2.51. The van der Waals surface area contributed by atoms with Gasteiger partial charge in [-0.1, -0.05) is 48.0 Å². The zero-order valence-electron chi connectivity index (χ0n) is 10.9. The molecule has 3 aromatic carbocycles. The predicted molar refractivity (Wildman–Crippen MR) is 88.1 cm³/mol. The minimum atomic E-state index is -0.517. The lowest BCUT2D eigenvalue weighted by atomic mass is 10.4. The highest BCUT2D eigenvalue weighted by molar-refractivity contribution is 8.17. The second-order valence-electron chi connectivity index (χ2n) is 4.48. The number of hydrogen-bond donors (Lipinski definition) is 1. The van der Waals surface area contributed by atoms with E-state index in [0.29, 0.717) is 0 Å². The Bertz CT molecular complexity index is 623. The molecule has 0 saturated carbocycles. The van der Waals surface area contributed by atoms with Crippen molar-refractivity contribution in [2.75, 3.05) is 0 Å². The number of hydrogen-bond acceptors (Lipinski definition) is 0. The first-order valence-corrected chi connectivity index (χ1v) is 8.22. The molecule has 3 rings (SSSR count). The fraction of sp³-hybridized carbons (Fsp3) is 0. The summed E-state index contributed by atoms with van der Waals surface area (Å²) in [6.45, 7) is 0. The van der Waals surface area contributed by atoms with Crippen LogP contribution in [-0.2, 0) is 0 Å². The monoisotopic (exact) mass is 298 g/mol. The van der Waals surface area contributed by atoms with Gasteiger partial charge in [0.15, 0.2) is 0 Å². The minimum absolute atomic E-state index is 0.517. The molecule has 0 atom stereocenters. The van der Waals surface area contributed by atoms with Crippen molar-refractivity contribution in [3.05, 3.63) is 90.0 Å². The fourth-order valence-electron chi connectivity index (χ4n) is 2.19. The van der Waals surface area contributed by atoms with Gasteiger partial charge in [-0.3, -0.25) is 0 Å². The lowest BCUT2D eigenvalue weighted by Gasteiger charge is -2.23. The van der Waals surface area contributed by atoms with Crippen LogP contribution in [0.15, 0.2) is 99.6 Å². The van der Waals surface area contributed by atoms with Crippen molar-refractivity contribution in [1.29, 1.82) is 0 Å². The van der Waals surface area contributed by atoms with Gasteiger partial charge >= 0.3 is 0 Å². The minimum Gasteiger partial charge on any atom is -0.173 e. The van der Waals surface area contributed by atoms with Crippen LogP contribution in [0.4, 0.5) is 0 Å². The summed E-state index contributed by atoms with van der Waals surface area (Å²) in [4.78, 5) is 4.04. The van der Waals surface area contributed by atoms with Crippen molar-refractivity contribution in [3.63, 3.8) is 0 Å². The van der Waals surface area contributed by atoms with Crippen molar-refractivity contribution < 1.29 is 0 Å². The van der Waals surface area contributed by atoms with E-state index in [1.165, 1.54) is 14.7 Å². The molecule has 0 bridgehead atoms. The molecule has 0 saturated heterocycles. The van der Waals surface area contributed by atoms with Gasteiger partial charge in [0, 0.05) is 5.02 Å². The summed E-state index contributed by atoms with van der Waals surface area (Å²) >= 11 is 6.02. The van der Waals surface area contributed by atoms with Crippen LogP contribution in [0, 0.1) is 0 Å². The summed E-state index contributed by atoms with van der Waals surface area (Å²) < 4.78 is 0. The molecule has 20 heavy (non-hydrogen) atoms. The Balaban J connectivity index is 2.11. The van der Waals surface area contributed by atoms with Crippen LogP contribution in [-0.4, -0.2) is 0 Å². The summed E-state index contributed by atoms with van der Waals surface area (Å²) in [5.41, 5.74) is 0. The van der Waals surface area contributed by atoms with E-state index in [1.54, 1.807) is 0 Å². The van der Waals surface area contributed by atoms with Gasteiger partial charge in [0.2, 0.25) is 0 Å². The SMILES string of the molecule is Clc1ccc([SH](c2ccccc2)c2ccccc2)cc1. The predicted octanol–water partition coefficient (Wildman–Crippen LogP) is 5.82. The van der Waals surface area contributed by atoms with E-state index in [1.807, 2.05) is 12.1 Å². The first-order valence-electron chi connectivity index (χ1n) is 6.50. The van der Waals surface area contributed by atoms with Crippen LogP contribution >= 0.6 is 22.5 Å². The second-order valence-corrected chi connectivity index (χ2v) is 7.14. The lowest BCUT2D eigenvalue weighted by Crippen LogP contribution is -1.87. The molecule has 0 radical (unpaired) electrons. The van der Waals surface area contributed by atoms with Crippen molar-refractivity contribution in [2.24, 2.45) is 0 Å². The molecule has 0 amide bonds. The number of benzene rings is 3. The van der Waals surface area contributed by atoms with E-state index in [2.05, 4.69) is 72.8 Å². The maximum absolute atomic E-state index is 6.02. The molecule has 0 nitrogen and oxygen atoms in total. The lowest BCUT2D eigenvalue weighted by molar-refractivity contribution is 1.33. The highest BCUT2D eigenvalue weighted by Gasteiger charge is 2.11. The van der Waals surface area contributed by atoms with Crippen molar-refractivity contribution in [3.8, 4) is 0 Å². The van der Waals surface area contributed by atoms with E-state index in [0.717, 1.165) is 5.02 Å². The Labute approximate surface area is 127 Å². The third kappa shape index (κ3) is 2.90. The average molecular weight is 299 g/mol. The molecule has 0 aliphatic heterocycles. The summed E-state index contributed by atoms with van der Waals surface area (Å²) in [5.74, 6) is 0. The largest absolute Gasteiger partial charge is 0.173 e. The molecule has 0 unspecified atom stereocenters. The van der Waals surface area contributed by atoms with Gasteiger partial charge in [-0.05, 0) is 63.2 Å². The molecule has 0 fully saturated rings. The van der Waals surface area contributed by atoms with Gasteiger partial charge in [0.1, 0.15) is 0 Å². The fourth-order valence-corrected chi connectivity index (χ4v) is 4.60. The molecular formula is C18H15ClS. The Morgan fingerprint density at radius 1 is 0.500 bits per heavy atom. The molecule has 0 aliphatic carbocycles. The molecule has 3 aromatic rings.